The Bertz CT molecular complexity index is 761. The number of carbonyl (C=O) groups excluding carboxylic acids is 2. The normalized spacial score (nSPS) is 13.7. The third-order valence-electron chi connectivity index (χ3n) is 4.38. The summed E-state index contributed by atoms with van der Waals surface area (Å²) in [6.45, 7) is 7.45. The summed E-state index contributed by atoms with van der Waals surface area (Å²) >= 11 is 0. The molecule has 1 aromatic rings. The van der Waals surface area contributed by atoms with Gasteiger partial charge in [-0.1, -0.05) is 20.8 Å². The van der Waals surface area contributed by atoms with Gasteiger partial charge in [0.25, 0.3) is 0 Å². The predicted octanol–water partition coefficient (Wildman–Crippen LogP) is 1.66. The Morgan fingerprint density at radius 2 is 1.68 bits per heavy atom. The predicted molar refractivity (Wildman–Crippen MR) is 105 cm³/mol. The van der Waals surface area contributed by atoms with Crippen LogP contribution >= 0.6 is 0 Å². The summed E-state index contributed by atoms with van der Waals surface area (Å²) in [4.78, 5) is 26.2. The van der Waals surface area contributed by atoms with Crippen LogP contribution in [0.2, 0.25) is 0 Å². The van der Waals surface area contributed by atoms with Crippen LogP contribution in [0, 0.1) is 11.8 Å². The zero-order valence-corrected chi connectivity index (χ0v) is 18.1. The van der Waals surface area contributed by atoms with E-state index < -0.39 is 28.0 Å². The van der Waals surface area contributed by atoms with Gasteiger partial charge in [-0.15, -0.1) is 0 Å². The molecule has 28 heavy (non-hydrogen) atoms. The number of rotatable bonds is 10. The first-order valence-corrected chi connectivity index (χ1v) is 10.6. The molecular formula is C19H30N2O6S. The van der Waals surface area contributed by atoms with E-state index in [0.717, 1.165) is 0 Å². The third kappa shape index (κ3) is 6.20. The van der Waals surface area contributed by atoms with Gasteiger partial charge in [-0.3, -0.25) is 9.59 Å². The Morgan fingerprint density at radius 1 is 1.11 bits per heavy atom. The first-order valence-electron chi connectivity index (χ1n) is 9.10. The van der Waals surface area contributed by atoms with E-state index in [9.17, 15) is 18.0 Å². The van der Waals surface area contributed by atoms with Crippen molar-refractivity contribution in [2.75, 3.05) is 27.3 Å². The number of nitrogens with one attached hydrogen (secondary N) is 1. The zero-order valence-electron chi connectivity index (χ0n) is 17.3. The number of methoxy groups -OCH3 is 2. The number of esters is 1. The van der Waals surface area contributed by atoms with E-state index in [1.165, 1.54) is 43.4 Å². The van der Waals surface area contributed by atoms with Crippen LogP contribution in [0.3, 0.4) is 0 Å². The highest BCUT2D eigenvalue weighted by Crippen LogP contribution is 2.18. The fourth-order valence-electron chi connectivity index (χ4n) is 2.64. The fraction of sp³-hybridized carbons (Fsp3) is 0.579. The lowest BCUT2D eigenvalue weighted by molar-refractivity contribution is -0.146. The molecule has 0 fully saturated rings. The van der Waals surface area contributed by atoms with Crippen molar-refractivity contribution < 1.29 is 27.5 Å². The number of nitrogens with zero attached hydrogens (tertiary/aromatic N) is 1. The second-order valence-corrected chi connectivity index (χ2v) is 8.53. The van der Waals surface area contributed by atoms with Gasteiger partial charge < -0.3 is 14.4 Å². The molecule has 0 aliphatic heterocycles. The van der Waals surface area contributed by atoms with Crippen LogP contribution in [0.4, 0.5) is 0 Å². The minimum Gasteiger partial charge on any atom is -0.497 e. The molecule has 0 saturated carbocycles. The summed E-state index contributed by atoms with van der Waals surface area (Å²) in [5.74, 6) is -1.08. The largest absolute Gasteiger partial charge is 0.497 e. The molecule has 158 valence electrons. The van der Waals surface area contributed by atoms with E-state index in [1.54, 1.807) is 27.7 Å². The molecule has 0 aliphatic carbocycles. The Labute approximate surface area is 167 Å². The SMILES string of the molecule is CCN(CC(C)C(=O)OC)C(=O)[C@@H](NS(=O)(=O)c1ccc(OC)cc1)C(C)C. The quantitative estimate of drug-likeness (QED) is 0.584. The summed E-state index contributed by atoms with van der Waals surface area (Å²) < 4.78 is 37.7. The number of hydrogen-bond acceptors (Lipinski definition) is 6. The summed E-state index contributed by atoms with van der Waals surface area (Å²) in [6, 6.07) is 4.95. The lowest BCUT2D eigenvalue weighted by atomic mass is 10.0. The molecule has 0 bridgehead atoms. The summed E-state index contributed by atoms with van der Waals surface area (Å²) in [7, 11) is -1.13. The van der Waals surface area contributed by atoms with Gasteiger partial charge in [-0.25, -0.2) is 8.42 Å². The van der Waals surface area contributed by atoms with Crippen molar-refractivity contribution >= 4 is 21.9 Å². The first-order chi connectivity index (χ1) is 13.1. The van der Waals surface area contributed by atoms with Gasteiger partial charge in [0, 0.05) is 13.1 Å². The number of carbonyl (C=O) groups is 2. The second kappa shape index (κ2) is 10.4. The molecule has 1 aromatic carbocycles. The minimum atomic E-state index is -3.91. The highest BCUT2D eigenvalue weighted by Gasteiger charge is 2.32. The molecule has 1 rings (SSSR count). The Morgan fingerprint density at radius 3 is 2.11 bits per heavy atom. The number of hydrogen-bond donors (Lipinski definition) is 1. The van der Waals surface area contributed by atoms with E-state index in [-0.39, 0.29) is 23.3 Å². The van der Waals surface area contributed by atoms with Gasteiger partial charge in [0.05, 0.1) is 25.0 Å². The van der Waals surface area contributed by atoms with E-state index in [2.05, 4.69) is 4.72 Å². The van der Waals surface area contributed by atoms with Gasteiger partial charge in [0.2, 0.25) is 15.9 Å². The smallest absolute Gasteiger partial charge is 0.310 e. The number of sulfonamides is 1. The topological polar surface area (TPSA) is 102 Å². The van der Waals surface area contributed by atoms with Crippen molar-refractivity contribution in [3.63, 3.8) is 0 Å². The number of likely N-dealkylation sites (N-methyl/N-ethyl adjacent to an activating group) is 1. The molecule has 2 atom stereocenters. The minimum absolute atomic E-state index is 0.0396. The average molecular weight is 415 g/mol. The lowest BCUT2D eigenvalue weighted by Gasteiger charge is -2.30. The van der Waals surface area contributed by atoms with Crippen molar-refractivity contribution in [3.05, 3.63) is 24.3 Å². The maximum Gasteiger partial charge on any atom is 0.310 e. The second-order valence-electron chi connectivity index (χ2n) is 6.82. The zero-order chi connectivity index (χ0) is 21.5. The molecule has 9 heteroatoms. The van der Waals surface area contributed by atoms with Crippen LogP contribution in [0.1, 0.15) is 27.7 Å². The third-order valence-corrected chi connectivity index (χ3v) is 5.83. The fourth-order valence-corrected chi connectivity index (χ4v) is 3.98. The molecule has 0 radical (unpaired) electrons. The molecule has 0 spiro atoms. The van der Waals surface area contributed by atoms with Crippen LogP contribution in [0.15, 0.2) is 29.2 Å². The molecule has 0 heterocycles. The van der Waals surface area contributed by atoms with Crippen molar-refractivity contribution in [1.82, 2.24) is 9.62 Å². The maximum atomic E-state index is 13.0. The number of benzene rings is 1. The van der Waals surface area contributed by atoms with Gasteiger partial charge in [-0.2, -0.15) is 4.72 Å². The molecule has 0 saturated heterocycles. The monoisotopic (exact) mass is 414 g/mol. The highest BCUT2D eigenvalue weighted by molar-refractivity contribution is 7.89. The van der Waals surface area contributed by atoms with E-state index >= 15 is 0 Å². The van der Waals surface area contributed by atoms with Crippen LogP contribution in [-0.4, -0.2) is 58.5 Å². The van der Waals surface area contributed by atoms with Gasteiger partial charge in [0.1, 0.15) is 11.8 Å². The Balaban J connectivity index is 3.04. The Hall–Kier alpha value is -2.13. The molecule has 8 nitrogen and oxygen atoms in total. The summed E-state index contributed by atoms with van der Waals surface area (Å²) in [5, 5.41) is 0. The highest BCUT2D eigenvalue weighted by atomic mass is 32.2. The van der Waals surface area contributed by atoms with Crippen molar-refractivity contribution in [2.24, 2.45) is 11.8 Å². The Kier molecular flexibility index (Phi) is 8.90. The van der Waals surface area contributed by atoms with Crippen LogP contribution in [0.25, 0.3) is 0 Å². The van der Waals surface area contributed by atoms with Gasteiger partial charge in [-0.05, 0) is 37.1 Å². The van der Waals surface area contributed by atoms with E-state index in [4.69, 9.17) is 9.47 Å². The molecule has 1 unspecified atom stereocenters. The first kappa shape index (κ1) is 23.9. The van der Waals surface area contributed by atoms with E-state index in [0.29, 0.717) is 12.3 Å². The molecule has 0 aromatic heterocycles. The molecular weight excluding hydrogens is 384 g/mol. The van der Waals surface area contributed by atoms with Crippen LogP contribution in [0.5, 0.6) is 5.75 Å². The van der Waals surface area contributed by atoms with Gasteiger partial charge in [0.15, 0.2) is 0 Å². The molecule has 0 aliphatic rings. The average Bonchev–Trinajstić information content (AvgIpc) is 2.68. The summed E-state index contributed by atoms with van der Waals surface area (Å²) in [6.07, 6.45) is 0. The lowest BCUT2D eigenvalue weighted by Crippen LogP contribution is -2.52. The van der Waals surface area contributed by atoms with E-state index in [1.807, 2.05) is 0 Å². The van der Waals surface area contributed by atoms with Gasteiger partial charge >= 0.3 is 5.97 Å². The standard InChI is InChI=1S/C19H30N2O6S/c1-7-21(12-14(4)19(23)27-6)18(22)17(13(2)3)20-28(24,25)16-10-8-15(26-5)9-11-16/h8-11,13-14,17,20H,7,12H2,1-6H3/t14?,17-/m0/s1. The van der Waals surface area contributed by atoms with Crippen LogP contribution < -0.4 is 9.46 Å². The van der Waals surface area contributed by atoms with Crippen molar-refractivity contribution in [2.45, 2.75) is 38.6 Å². The number of amides is 1. The summed E-state index contributed by atoms with van der Waals surface area (Å²) in [5.41, 5.74) is 0. The number of ether oxygens (including phenoxy) is 2. The van der Waals surface area contributed by atoms with Crippen molar-refractivity contribution in [1.29, 1.82) is 0 Å². The van der Waals surface area contributed by atoms with Crippen LogP contribution in [-0.2, 0) is 24.3 Å². The maximum absolute atomic E-state index is 13.0. The molecule has 1 N–H and O–H groups in total. The molecule has 1 amide bonds. The van der Waals surface area contributed by atoms with Crippen molar-refractivity contribution in [3.8, 4) is 5.75 Å².